The van der Waals surface area contributed by atoms with Crippen LogP contribution in [0.5, 0.6) is 0 Å². The summed E-state index contributed by atoms with van der Waals surface area (Å²) in [4.78, 5) is 0. The second kappa shape index (κ2) is 7.23. The molecule has 20 heavy (non-hydrogen) atoms. The lowest BCUT2D eigenvalue weighted by Crippen LogP contribution is -2.54. The normalized spacial score (nSPS) is 19.2. The lowest BCUT2D eigenvalue weighted by atomic mass is 9.87. The first kappa shape index (κ1) is 16.2. The minimum Gasteiger partial charge on any atom is -0.374 e. The van der Waals surface area contributed by atoms with Gasteiger partial charge in [-0.1, -0.05) is 46.4 Å². The van der Waals surface area contributed by atoms with Crippen LogP contribution >= 0.6 is 27.5 Å². The van der Waals surface area contributed by atoms with Gasteiger partial charge in [-0.25, -0.2) is 0 Å². The van der Waals surface area contributed by atoms with Gasteiger partial charge in [0.2, 0.25) is 0 Å². The Hall–Kier alpha value is -0.130. The number of benzene rings is 1. The van der Waals surface area contributed by atoms with Crippen LogP contribution in [0.15, 0.2) is 22.7 Å². The van der Waals surface area contributed by atoms with E-state index in [0.29, 0.717) is 6.61 Å². The summed E-state index contributed by atoms with van der Waals surface area (Å²) in [7, 11) is 0. The molecule has 1 fully saturated rings. The molecule has 1 aliphatic carbocycles. The smallest absolute Gasteiger partial charge is 0.0851 e. The van der Waals surface area contributed by atoms with Gasteiger partial charge in [0.15, 0.2) is 0 Å². The van der Waals surface area contributed by atoms with Gasteiger partial charge in [0, 0.05) is 16.1 Å². The zero-order valence-electron chi connectivity index (χ0n) is 11.8. The molecule has 5 heteroatoms. The molecule has 0 aliphatic heterocycles. The van der Waals surface area contributed by atoms with Gasteiger partial charge >= 0.3 is 0 Å². The van der Waals surface area contributed by atoms with Gasteiger partial charge in [-0.3, -0.25) is 11.3 Å². The number of hydrazine groups is 1. The summed E-state index contributed by atoms with van der Waals surface area (Å²) in [5, 5.41) is 0.768. The fraction of sp³-hybridized carbons (Fsp3) is 0.600. The molecule has 1 aliphatic rings. The first-order chi connectivity index (χ1) is 9.61. The van der Waals surface area contributed by atoms with Crippen LogP contribution in [0.2, 0.25) is 5.02 Å². The number of hydrogen-bond acceptors (Lipinski definition) is 3. The highest BCUT2D eigenvalue weighted by Crippen LogP contribution is 2.38. The van der Waals surface area contributed by atoms with Crippen molar-refractivity contribution in [3.05, 3.63) is 33.3 Å². The largest absolute Gasteiger partial charge is 0.374 e. The van der Waals surface area contributed by atoms with Crippen LogP contribution in [-0.4, -0.2) is 18.2 Å². The SMILES string of the molecule is CCOC1(C(Cc2ccc(Br)cc2Cl)NN)CCCC1. The van der Waals surface area contributed by atoms with E-state index in [9.17, 15) is 0 Å². The molecule has 2 rings (SSSR count). The van der Waals surface area contributed by atoms with Crippen molar-refractivity contribution < 1.29 is 4.74 Å². The summed E-state index contributed by atoms with van der Waals surface area (Å²) in [6, 6.07) is 6.07. The number of halogens is 2. The van der Waals surface area contributed by atoms with Crippen molar-refractivity contribution in [2.75, 3.05) is 6.61 Å². The maximum Gasteiger partial charge on any atom is 0.0851 e. The molecule has 0 spiro atoms. The summed E-state index contributed by atoms with van der Waals surface area (Å²) in [6.45, 7) is 2.76. The third kappa shape index (κ3) is 3.55. The van der Waals surface area contributed by atoms with Gasteiger partial charge in [0.1, 0.15) is 0 Å². The van der Waals surface area contributed by atoms with Crippen molar-refractivity contribution in [1.82, 2.24) is 5.43 Å². The summed E-state index contributed by atoms with van der Waals surface area (Å²) >= 11 is 9.75. The molecule has 0 saturated heterocycles. The molecule has 3 nitrogen and oxygen atoms in total. The number of hydrogen-bond donors (Lipinski definition) is 2. The van der Waals surface area contributed by atoms with E-state index in [2.05, 4.69) is 21.4 Å². The molecule has 0 heterocycles. The Morgan fingerprint density at radius 2 is 2.15 bits per heavy atom. The molecule has 3 N–H and O–H groups in total. The maximum absolute atomic E-state index is 6.32. The molecule has 0 bridgehead atoms. The quantitative estimate of drug-likeness (QED) is 0.598. The van der Waals surface area contributed by atoms with Crippen LogP contribution in [-0.2, 0) is 11.2 Å². The molecule has 112 valence electrons. The van der Waals surface area contributed by atoms with Gasteiger partial charge in [-0.15, -0.1) is 0 Å². The minimum absolute atomic E-state index is 0.0867. The molecule has 1 atom stereocenters. The third-order valence-corrected chi connectivity index (χ3v) is 5.00. The molecule has 0 amide bonds. The van der Waals surface area contributed by atoms with Crippen molar-refractivity contribution in [2.45, 2.75) is 50.7 Å². The summed E-state index contributed by atoms with van der Waals surface area (Å²) in [5.74, 6) is 5.81. The van der Waals surface area contributed by atoms with Crippen molar-refractivity contribution in [3.8, 4) is 0 Å². The van der Waals surface area contributed by atoms with Crippen molar-refractivity contribution in [1.29, 1.82) is 0 Å². The Balaban J connectivity index is 2.18. The molecule has 1 aromatic rings. The topological polar surface area (TPSA) is 47.3 Å². The van der Waals surface area contributed by atoms with E-state index in [4.69, 9.17) is 22.2 Å². The van der Waals surface area contributed by atoms with E-state index in [1.165, 1.54) is 12.8 Å². The lowest BCUT2D eigenvalue weighted by Gasteiger charge is -2.37. The third-order valence-electron chi connectivity index (χ3n) is 4.16. The zero-order valence-corrected chi connectivity index (χ0v) is 14.1. The van der Waals surface area contributed by atoms with Crippen molar-refractivity contribution >= 4 is 27.5 Å². The molecular weight excluding hydrogens is 340 g/mol. The number of ether oxygens (including phenoxy) is 1. The second-order valence-corrected chi connectivity index (χ2v) is 6.69. The van der Waals surface area contributed by atoms with E-state index in [0.717, 1.165) is 34.3 Å². The van der Waals surface area contributed by atoms with Gasteiger partial charge in [-0.05, 0) is 43.9 Å². The van der Waals surface area contributed by atoms with Crippen molar-refractivity contribution in [2.24, 2.45) is 5.84 Å². The maximum atomic E-state index is 6.32. The van der Waals surface area contributed by atoms with Gasteiger partial charge < -0.3 is 4.74 Å². The van der Waals surface area contributed by atoms with Crippen LogP contribution in [0.4, 0.5) is 0 Å². The van der Waals surface area contributed by atoms with E-state index in [1.54, 1.807) is 0 Å². The van der Waals surface area contributed by atoms with Gasteiger partial charge in [-0.2, -0.15) is 0 Å². The average molecular weight is 362 g/mol. The molecule has 0 radical (unpaired) electrons. The highest BCUT2D eigenvalue weighted by Gasteiger charge is 2.41. The molecule has 1 aromatic carbocycles. The zero-order chi connectivity index (χ0) is 14.6. The minimum atomic E-state index is -0.153. The number of nitrogens with two attached hydrogens (primary N) is 1. The lowest BCUT2D eigenvalue weighted by molar-refractivity contribution is -0.0613. The second-order valence-electron chi connectivity index (χ2n) is 5.36. The highest BCUT2D eigenvalue weighted by molar-refractivity contribution is 9.10. The fourth-order valence-corrected chi connectivity index (χ4v) is 3.91. The average Bonchev–Trinajstić information content (AvgIpc) is 2.88. The van der Waals surface area contributed by atoms with E-state index in [1.807, 2.05) is 25.1 Å². The highest BCUT2D eigenvalue weighted by atomic mass is 79.9. The fourth-order valence-electron chi connectivity index (χ4n) is 3.16. The number of nitrogens with one attached hydrogen (secondary N) is 1. The first-order valence-corrected chi connectivity index (χ1v) is 8.32. The summed E-state index contributed by atoms with van der Waals surface area (Å²) < 4.78 is 7.07. The molecular formula is C15H22BrClN2O. The Kier molecular flexibility index (Phi) is 5.87. The first-order valence-electron chi connectivity index (χ1n) is 7.15. The Morgan fingerprint density at radius 1 is 1.45 bits per heavy atom. The van der Waals surface area contributed by atoms with Crippen LogP contribution in [0.25, 0.3) is 0 Å². The van der Waals surface area contributed by atoms with Crippen LogP contribution < -0.4 is 11.3 Å². The summed E-state index contributed by atoms with van der Waals surface area (Å²) in [5.41, 5.74) is 3.91. The number of rotatable bonds is 6. The predicted octanol–water partition coefficient (Wildman–Crippen LogP) is 3.83. The standard InChI is InChI=1S/C15H22BrClN2O/c1-2-20-15(7-3-4-8-15)14(19-18)9-11-5-6-12(16)10-13(11)17/h5-6,10,14,19H,2-4,7-9,18H2,1H3. The predicted molar refractivity (Wildman–Crippen MR) is 86.8 cm³/mol. The van der Waals surface area contributed by atoms with Crippen molar-refractivity contribution in [3.63, 3.8) is 0 Å². The van der Waals surface area contributed by atoms with E-state index in [-0.39, 0.29) is 11.6 Å². The Morgan fingerprint density at radius 3 is 2.70 bits per heavy atom. The molecule has 1 saturated carbocycles. The molecule has 1 unspecified atom stereocenters. The monoisotopic (exact) mass is 360 g/mol. The Bertz CT molecular complexity index is 449. The Labute approximate surface area is 134 Å². The van der Waals surface area contributed by atoms with Crippen LogP contribution in [0.3, 0.4) is 0 Å². The van der Waals surface area contributed by atoms with Gasteiger partial charge in [0.25, 0.3) is 0 Å². The van der Waals surface area contributed by atoms with Crippen LogP contribution in [0, 0.1) is 0 Å². The molecule has 0 aromatic heterocycles. The van der Waals surface area contributed by atoms with E-state index >= 15 is 0 Å². The summed E-state index contributed by atoms with van der Waals surface area (Å²) in [6.07, 6.45) is 5.30. The van der Waals surface area contributed by atoms with Crippen LogP contribution in [0.1, 0.15) is 38.2 Å². The van der Waals surface area contributed by atoms with Gasteiger partial charge in [0.05, 0.1) is 11.6 Å². The van der Waals surface area contributed by atoms with E-state index < -0.39 is 0 Å².